The van der Waals surface area contributed by atoms with E-state index in [9.17, 15) is 9.59 Å². The van der Waals surface area contributed by atoms with Crippen LogP contribution in [0.1, 0.15) is 23.7 Å². The van der Waals surface area contributed by atoms with Crippen LogP contribution in [0.25, 0.3) is 10.9 Å². The molecule has 0 atom stereocenters. The van der Waals surface area contributed by atoms with Crippen LogP contribution in [0.3, 0.4) is 0 Å². The third-order valence-electron chi connectivity index (χ3n) is 3.27. The predicted octanol–water partition coefficient (Wildman–Crippen LogP) is 1.37. The zero-order chi connectivity index (χ0) is 14.5. The van der Waals surface area contributed by atoms with Gasteiger partial charge in [0.1, 0.15) is 5.56 Å². The maximum Gasteiger partial charge on any atom is 0.259 e. The number of pyridine rings is 1. The second kappa shape index (κ2) is 6.34. The lowest BCUT2D eigenvalue weighted by atomic mass is 10.1. The van der Waals surface area contributed by atoms with E-state index in [1.165, 1.54) is 6.20 Å². The maximum absolute atomic E-state index is 12.4. The quantitative estimate of drug-likeness (QED) is 0.865. The van der Waals surface area contributed by atoms with Crippen LogP contribution < -0.4 is 5.43 Å². The molecule has 0 radical (unpaired) electrons. The van der Waals surface area contributed by atoms with Crippen molar-refractivity contribution < 1.29 is 9.90 Å². The van der Waals surface area contributed by atoms with Crippen molar-refractivity contribution in [2.75, 3.05) is 19.7 Å². The molecule has 0 bridgehead atoms. The van der Waals surface area contributed by atoms with Gasteiger partial charge in [-0.1, -0.05) is 12.1 Å². The SMILES string of the molecule is CCN(CCCO)C(=O)c1c[nH]c2ccccc2c1=O. The van der Waals surface area contributed by atoms with Gasteiger partial charge in [-0.05, 0) is 25.5 Å². The fourth-order valence-corrected chi connectivity index (χ4v) is 2.16. The van der Waals surface area contributed by atoms with Crippen LogP contribution in [0.5, 0.6) is 0 Å². The second-order valence-corrected chi connectivity index (χ2v) is 4.54. The van der Waals surface area contributed by atoms with Crippen molar-refractivity contribution in [1.82, 2.24) is 9.88 Å². The summed E-state index contributed by atoms with van der Waals surface area (Å²) >= 11 is 0. The fourth-order valence-electron chi connectivity index (χ4n) is 2.16. The highest BCUT2D eigenvalue weighted by molar-refractivity contribution is 5.97. The second-order valence-electron chi connectivity index (χ2n) is 4.54. The zero-order valence-electron chi connectivity index (χ0n) is 11.4. The van der Waals surface area contributed by atoms with E-state index in [4.69, 9.17) is 5.11 Å². The van der Waals surface area contributed by atoms with Gasteiger partial charge in [-0.3, -0.25) is 9.59 Å². The lowest BCUT2D eigenvalue weighted by molar-refractivity contribution is 0.0753. The predicted molar refractivity (Wildman–Crippen MR) is 77.8 cm³/mol. The molecule has 0 saturated heterocycles. The summed E-state index contributed by atoms with van der Waals surface area (Å²) in [7, 11) is 0. The molecule has 0 aliphatic rings. The Balaban J connectivity index is 2.39. The Morgan fingerprint density at radius 3 is 2.80 bits per heavy atom. The van der Waals surface area contributed by atoms with E-state index in [1.54, 1.807) is 23.1 Å². The molecule has 2 rings (SSSR count). The van der Waals surface area contributed by atoms with Crippen molar-refractivity contribution in [3.63, 3.8) is 0 Å². The van der Waals surface area contributed by atoms with Crippen molar-refractivity contribution in [2.45, 2.75) is 13.3 Å². The summed E-state index contributed by atoms with van der Waals surface area (Å²) in [5, 5.41) is 9.36. The van der Waals surface area contributed by atoms with Crippen LogP contribution in [0.4, 0.5) is 0 Å². The smallest absolute Gasteiger partial charge is 0.259 e. The average molecular weight is 274 g/mol. The van der Waals surface area contributed by atoms with Gasteiger partial charge in [0.05, 0.1) is 0 Å². The summed E-state index contributed by atoms with van der Waals surface area (Å²) in [5.74, 6) is -0.298. The molecule has 20 heavy (non-hydrogen) atoms. The summed E-state index contributed by atoms with van der Waals surface area (Å²) < 4.78 is 0. The number of aromatic amines is 1. The van der Waals surface area contributed by atoms with Gasteiger partial charge in [-0.2, -0.15) is 0 Å². The summed E-state index contributed by atoms with van der Waals surface area (Å²) in [6, 6.07) is 7.11. The lowest BCUT2D eigenvalue weighted by Gasteiger charge is -2.20. The maximum atomic E-state index is 12.4. The molecule has 0 unspecified atom stereocenters. The van der Waals surface area contributed by atoms with Crippen LogP contribution in [0, 0.1) is 0 Å². The largest absolute Gasteiger partial charge is 0.396 e. The summed E-state index contributed by atoms with van der Waals surface area (Å²) in [6.45, 7) is 2.82. The topological polar surface area (TPSA) is 73.4 Å². The number of rotatable bonds is 5. The Kier molecular flexibility index (Phi) is 4.53. The number of carbonyl (C=O) groups excluding carboxylic acids is 1. The molecular formula is C15H18N2O3. The third kappa shape index (κ3) is 2.72. The van der Waals surface area contributed by atoms with Crippen LogP contribution in [0.15, 0.2) is 35.3 Å². The standard InChI is InChI=1S/C15H18N2O3/c1-2-17(8-5-9-18)15(20)12-10-16-13-7-4-3-6-11(13)14(12)19/h3-4,6-7,10,18H,2,5,8-9H2,1H3,(H,16,19). The van der Waals surface area contributed by atoms with Gasteiger partial charge in [0.25, 0.3) is 5.91 Å². The van der Waals surface area contributed by atoms with Crippen molar-refractivity contribution in [2.24, 2.45) is 0 Å². The van der Waals surface area contributed by atoms with E-state index in [0.29, 0.717) is 30.4 Å². The molecule has 5 nitrogen and oxygen atoms in total. The Morgan fingerprint density at radius 2 is 2.10 bits per heavy atom. The molecule has 1 aromatic carbocycles. The number of aliphatic hydroxyl groups is 1. The normalized spacial score (nSPS) is 10.7. The van der Waals surface area contributed by atoms with Crippen LogP contribution in [-0.2, 0) is 0 Å². The molecule has 0 spiro atoms. The van der Waals surface area contributed by atoms with Gasteiger partial charge in [-0.15, -0.1) is 0 Å². The number of amides is 1. The first-order chi connectivity index (χ1) is 9.69. The summed E-state index contributed by atoms with van der Waals surface area (Å²) in [4.78, 5) is 29.3. The number of nitrogens with one attached hydrogen (secondary N) is 1. The minimum atomic E-state index is -0.298. The first-order valence-corrected chi connectivity index (χ1v) is 6.69. The molecule has 2 aromatic rings. The molecule has 0 aliphatic carbocycles. The van der Waals surface area contributed by atoms with Gasteiger partial charge in [0.2, 0.25) is 5.43 Å². The fraction of sp³-hybridized carbons (Fsp3) is 0.333. The molecule has 0 saturated carbocycles. The molecule has 5 heteroatoms. The van der Waals surface area contributed by atoms with E-state index in [-0.39, 0.29) is 23.5 Å². The van der Waals surface area contributed by atoms with Crippen LogP contribution in [0.2, 0.25) is 0 Å². The number of carbonyl (C=O) groups is 1. The number of hydrogen-bond donors (Lipinski definition) is 2. The molecule has 1 aromatic heterocycles. The van der Waals surface area contributed by atoms with Gasteiger partial charge in [-0.25, -0.2) is 0 Å². The van der Waals surface area contributed by atoms with Crippen molar-refractivity contribution in [3.8, 4) is 0 Å². The van der Waals surface area contributed by atoms with Crippen molar-refractivity contribution in [1.29, 1.82) is 0 Å². The number of aromatic nitrogens is 1. The van der Waals surface area contributed by atoms with Crippen molar-refractivity contribution >= 4 is 16.8 Å². The lowest BCUT2D eigenvalue weighted by Crippen LogP contribution is -2.35. The molecule has 2 N–H and O–H groups in total. The van der Waals surface area contributed by atoms with Gasteiger partial charge in [0.15, 0.2) is 0 Å². The first kappa shape index (κ1) is 14.3. The number of hydrogen-bond acceptors (Lipinski definition) is 3. The number of aliphatic hydroxyl groups excluding tert-OH is 1. The molecule has 1 heterocycles. The molecule has 0 fully saturated rings. The van der Waals surface area contributed by atoms with Gasteiger partial charge < -0.3 is 15.0 Å². The van der Waals surface area contributed by atoms with E-state index in [2.05, 4.69) is 4.98 Å². The van der Waals surface area contributed by atoms with Crippen LogP contribution in [-0.4, -0.2) is 40.6 Å². The highest BCUT2D eigenvalue weighted by Gasteiger charge is 2.18. The number of benzene rings is 1. The molecule has 1 amide bonds. The average Bonchev–Trinajstić information content (AvgIpc) is 2.48. The number of nitrogens with zero attached hydrogens (tertiary/aromatic N) is 1. The molecule has 0 aliphatic heterocycles. The van der Waals surface area contributed by atoms with E-state index in [0.717, 1.165) is 0 Å². The number of H-pyrrole nitrogens is 1. The zero-order valence-corrected chi connectivity index (χ0v) is 11.4. The first-order valence-electron chi connectivity index (χ1n) is 6.69. The minimum Gasteiger partial charge on any atom is -0.396 e. The van der Waals surface area contributed by atoms with E-state index >= 15 is 0 Å². The highest BCUT2D eigenvalue weighted by Crippen LogP contribution is 2.09. The number of para-hydroxylation sites is 1. The Morgan fingerprint density at radius 1 is 1.35 bits per heavy atom. The molecular weight excluding hydrogens is 256 g/mol. The van der Waals surface area contributed by atoms with E-state index < -0.39 is 0 Å². The van der Waals surface area contributed by atoms with Gasteiger partial charge in [0, 0.05) is 36.8 Å². The monoisotopic (exact) mass is 274 g/mol. The Bertz CT molecular complexity index is 663. The van der Waals surface area contributed by atoms with Gasteiger partial charge >= 0.3 is 0 Å². The number of fused-ring (bicyclic) bond motifs is 1. The third-order valence-corrected chi connectivity index (χ3v) is 3.27. The molecule has 106 valence electrons. The minimum absolute atomic E-state index is 0.0257. The summed E-state index contributed by atoms with van der Waals surface area (Å²) in [6.07, 6.45) is 1.97. The van der Waals surface area contributed by atoms with Crippen molar-refractivity contribution in [3.05, 3.63) is 46.2 Å². The van der Waals surface area contributed by atoms with Crippen LogP contribution >= 0.6 is 0 Å². The Labute approximate surface area is 116 Å². The van der Waals surface area contributed by atoms with E-state index in [1.807, 2.05) is 13.0 Å². The Hall–Kier alpha value is -2.14. The highest BCUT2D eigenvalue weighted by atomic mass is 16.3. The summed E-state index contributed by atoms with van der Waals surface area (Å²) in [5.41, 5.74) is 0.600.